The van der Waals surface area contributed by atoms with Crippen molar-refractivity contribution < 1.29 is 19.1 Å². The first-order valence-corrected chi connectivity index (χ1v) is 9.01. The Morgan fingerprint density at radius 2 is 1.46 bits per heavy atom. The Morgan fingerprint density at radius 3 is 2.04 bits per heavy atom. The van der Waals surface area contributed by atoms with E-state index in [1.165, 1.54) is 6.07 Å². The third-order valence-electron chi connectivity index (χ3n) is 2.84. The molecule has 2 N–H and O–H groups in total. The van der Waals surface area contributed by atoms with Crippen LogP contribution in [-0.4, -0.2) is 25.0 Å². The average Bonchev–Trinajstić information content (AvgIpc) is 2.58. The van der Waals surface area contributed by atoms with Gasteiger partial charge < -0.3 is 9.47 Å². The highest BCUT2D eigenvalue weighted by Gasteiger charge is 2.12. The molecule has 0 spiro atoms. The minimum absolute atomic E-state index is 0.248. The number of carbonyl (C=O) groups excluding carboxylic acids is 2. The van der Waals surface area contributed by atoms with Crippen molar-refractivity contribution >= 4 is 62.5 Å². The van der Waals surface area contributed by atoms with Crippen molar-refractivity contribution in [2.24, 2.45) is 0 Å². The number of hydrazine groups is 1. The second-order valence-electron chi connectivity index (χ2n) is 4.83. The van der Waals surface area contributed by atoms with Crippen LogP contribution in [0, 0.1) is 0 Å². The first kappa shape index (κ1) is 20.6. The number of carbonyl (C=O) groups is 2. The third-order valence-corrected chi connectivity index (χ3v) is 4.18. The van der Waals surface area contributed by atoms with Crippen LogP contribution >= 0.6 is 50.7 Å². The summed E-state index contributed by atoms with van der Waals surface area (Å²) < 4.78 is 11.1. The van der Waals surface area contributed by atoms with Crippen LogP contribution in [-0.2, 0) is 9.59 Å². The number of hydrogen-bond donors (Lipinski definition) is 2. The predicted octanol–water partition coefficient (Wildman–Crippen LogP) is 4.01. The summed E-state index contributed by atoms with van der Waals surface area (Å²) in [5.74, 6) is -0.383. The van der Waals surface area contributed by atoms with E-state index in [9.17, 15) is 9.59 Å². The third kappa shape index (κ3) is 6.57. The molecule has 0 saturated carbocycles. The zero-order chi connectivity index (χ0) is 19.1. The summed E-state index contributed by atoms with van der Waals surface area (Å²) in [7, 11) is 0. The summed E-state index contributed by atoms with van der Waals surface area (Å²) in [5, 5.41) is 1.23. The largest absolute Gasteiger partial charge is 0.484 e. The van der Waals surface area contributed by atoms with E-state index in [1.54, 1.807) is 30.3 Å². The molecule has 0 aliphatic rings. The minimum Gasteiger partial charge on any atom is -0.484 e. The second kappa shape index (κ2) is 9.87. The molecule has 0 aliphatic carbocycles. The van der Waals surface area contributed by atoms with Crippen molar-refractivity contribution in [1.82, 2.24) is 10.9 Å². The molecular weight excluding hydrogens is 470 g/mol. The van der Waals surface area contributed by atoms with Crippen LogP contribution in [0.3, 0.4) is 0 Å². The molecule has 6 nitrogen and oxygen atoms in total. The molecule has 0 unspecified atom stereocenters. The average molecular weight is 483 g/mol. The van der Waals surface area contributed by atoms with Crippen molar-refractivity contribution in [3.63, 3.8) is 0 Å². The number of ether oxygens (including phenoxy) is 2. The molecule has 2 amide bonds. The molecule has 26 heavy (non-hydrogen) atoms. The lowest BCUT2D eigenvalue weighted by Gasteiger charge is -2.11. The molecule has 138 valence electrons. The molecule has 0 radical (unpaired) electrons. The minimum atomic E-state index is -0.581. The number of hydrogen-bond acceptors (Lipinski definition) is 4. The van der Waals surface area contributed by atoms with E-state index in [2.05, 4.69) is 26.8 Å². The van der Waals surface area contributed by atoms with E-state index >= 15 is 0 Å². The number of halogens is 4. The van der Waals surface area contributed by atoms with Gasteiger partial charge >= 0.3 is 0 Å². The van der Waals surface area contributed by atoms with Gasteiger partial charge in [-0.1, -0.05) is 34.8 Å². The molecule has 2 aromatic rings. The molecule has 0 bridgehead atoms. The number of nitrogens with one attached hydrogen (secondary N) is 2. The van der Waals surface area contributed by atoms with Gasteiger partial charge in [0, 0.05) is 10.0 Å². The maximum Gasteiger partial charge on any atom is 0.276 e. The lowest BCUT2D eigenvalue weighted by atomic mass is 10.3. The second-order valence-corrected chi connectivity index (χ2v) is 6.96. The fraction of sp³-hybridized carbons (Fsp3) is 0.125. The van der Waals surface area contributed by atoms with Crippen LogP contribution < -0.4 is 20.3 Å². The topological polar surface area (TPSA) is 76.7 Å². The molecule has 0 aromatic heterocycles. The Bertz CT molecular complexity index is 780. The Kier molecular flexibility index (Phi) is 7.84. The van der Waals surface area contributed by atoms with E-state index in [1.807, 2.05) is 0 Å². The molecule has 10 heteroatoms. The van der Waals surface area contributed by atoms with Gasteiger partial charge in [0.1, 0.15) is 5.75 Å². The van der Waals surface area contributed by atoms with Gasteiger partial charge in [-0.25, -0.2) is 0 Å². The number of benzene rings is 2. The fourth-order valence-corrected chi connectivity index (χ4v) is 3.19. The summed E-state index contributed by atoms with van der Waals surface area (Å²) >= 11 is 20.8. The van der Waals surface area contributed by atoms with Gasteiger partial charge in [0.2, 0.25) is 0 Å². The number of amides is 2. The summed E-state index contributed by atoms with van der Waals surface area (Å²) in [6.07, 6.45) is 0. The van der Waals surface area contributed by atoms with Crippen molar-refractivity contribution in [2.45, 2.75) is 0 Å². The van der Waals surface area contributed by atoms with Crippen LogP contribution in [0.5, 0.6) is 11.5 Å². The summed E-state index contributed by atoms with van der Waals surface area (Å²) in [4.78, 5) is 23.4. The van der Waals surface area contributed by atoms with Crippen molar-refractivity contribution in [3.05, 3.63) is 55.9 Å². The SMILES string of the molecule is O=C(COc1ccc(Cl)cc1)NNC(=O)COc1c(Cl)cc(Cl)cc1Br. The quantitative estimate of drug-likeness (QED) is 0.610. The lowest BCUT2D eigenvalue weighted by Crippen LogP contribution is -2.45. The van der Waals surface area contributed by atoms with Crippen LogP contribution in [0.1, 0.15) is 0 Å². The molecule has 0 heterocycles. The highest BCUT2D eigenvalue weighted by atomic mass is 79.9. The number of rotatable bonds is 6. The molecule has 0 aliphatic heterocycles. The van der Waals surface area contributed by atoms with Gasteiger partial charge in [0.05, 0.1) is 9.50 Å². The molecule has 2 aromatic carbocycles. The lowest BCUT2D eigenvalue weighted by molar-refractivity contribution is -0.131. The Morgan fingerprint density at radius 1 is 0.885 bits per heavy atom. The standard InChI is InChI=1S/C16H12BrCl3N2O4/c17-12-5-10(19)6-13(20)16(12)26-8-15(24)22-21-14(23)7-25-11-3-1-9(18)2-4-11/h1-6H,7-8H2,(H,21,23)(H,22,24). The zero-order valence-electron chi connectivity index (χ0n) is 13.0. The first-order chi connectivity index (χ1) is 12.3. The van der Waals surface area contributed by atoms with Gasteiger partial charge in [-0.3, -0.25) is 20.4 Å². The van der Waals surface area contributed by atoms with Crippen LogP contribution in [0.4, 0.5) is 0 Å². The Balaban J connectivity index is 1.73. The predicted molar refractivity (Wildman–Crippen MR) is 103 cm³/mol. The van der Waals surface area contributed by atoms with E-state index in [4.69, 9.17) is 44.3 Å². The van der Waals surface area contributed by atoms with Crippen LogP contribution in [0.15, 0.2) is 40.9 Å². The van der Waals surface area contributed by atoms with Crippen molar-refractivity contribution in [2.75, 3.05) is 13.2 Å². The molecule has 2 rings (SSSR count). The summed E-state index contributed by atoms with van der Waals surface area (Å²) in [6.45, 7) is -0.643. The van der Waals surface area contributed by atoms with E-state index < -0.39 is 11.8 Å². The first-order valence-electron chi connectivity index (χ1n) is 7.08. The Labute approximate surface area is 172 Å². The van der Waals surface area contributed by atoms with Crippen molar-refractivity contribution in [3.8, 4) is 11.5 Å². The van der Waals surface area contributed by atoms with Crippen LogP contribution in [0.2, 0.25) is 15.1 Å². The molecular formula is C16H12BrCl3N2O4. The van der Waals surface area contributed by atoms with Crippen molar-refractivity contribution in [1.29, 1.82) is 0 Å². The molecule has 0 fully saturated rings. The Hall–Kier alpha value is -1.67. The normalized spacial score (nSPS) is 10.2. The van der Waals surface area contributed by atoms with Gasteiger partial charge in [-0.15, -0.1) is 0 Å². The maximum atomic E-state index is 11.7. The molecule has 0 atom stereocenters. The monoisotopic (exact) mass is 480 g/mol. The summed E-state index contributed by atoms with van der Waals surface area (Å²) in [6, 6.07) is 9.57. The maximum absolute atomic E-state index is 11.7. The highest BCUT2D eigenvalue weighted by Crippen LogP contribution is 2.35. The van der Waals surface area contributed by atoms with E-state index in [0.29, 0.717) is 20.3 Å². The smallest absolute Gasteiger partial charge is 0.276 e. The highest BCUT2D eigenvalue weighted by molar-refractivity contribution is 9.10. The van der Waals surface area contributed by atoms with Crippen LogP contribution in [0.25, 0.3) is 0 Å². The summed E-state index contributed by atoms with van der Waals surface area (Å²) in [5.41, 5.74) is 4.40. The fourth-order valence-electron chi connectivity index (χ4n) is 1.70. The van der Waals surface area contributed by atoms with Gasteiger partial charge in [0.25, 0.3) is 11.8 Å². The van der Waals surface area contributed by atoms with E-state index in [-0.39, 0.29) is 24.0 Å². The van der Waals surface area contributed by atoms with Gasteiger partial charge in [-0.05, 0) is 52.3 Å². The molecule has 0 saturated heterocycles. The van der Waals surface area contributed by atoms with Gasteiger partial charge in [0.15, 0.2) is 19.0 Å². The zero-order valence-corrected chi connectivity index (χ0v) is 16.9. The van der Waals surface area contributed by atoms with E-state index in [0.717, 1.165) is 0 Å². The van der Waals surface area contributed by atoms with Gasteiger partial charge in [-0.2, -0.15) is 0 Å².